The summed E-state index contributed by atoms with van der Waals surface area (Å²) in [6, 6.07) is 0. The van der Waals surface area contributed by atoms with E-state index >= 15 is 0 Å². The van der Waals surface area contributed by atoms with Crippen LogP contribution < -0.4 is 0 Å². The maximum absolute atomic E-state index is 12.8. The molecule has 0 aromatic heterocycles. The number of carbonyl (C=O) groups is 2. The van der Waals surface area contributed by atoms with Crippen LogP contribution in [0.1, 0.15) is 207 Å². The smallest absolute Gasteiger partial charge is 0.462 e. The van der Waals surface area contributed by atoms with Crippen molar-refractivity contribution in [3.63, 3.8) is 0 Å². The molecule has 6 N–H and O–H groups in total. The zero-order chi connectivity index (χ0) is 43.9. The van der Waals surface area contributed by atoms with Gasteiger partial charge in [0.25, 0.3) is 0 Å². The van der Waals surface area contributed by atoms with E-state index in [2.05, 4.69) is 27.7 Å². The van der Waals surface area contributed by atoms with E-state index < -0.39 is 75.7 Å². The van der Waals surface area contributed by atoms with E-state index in [1.807, 2.05) is 0 Å². The van der Waals surface area contributed by atoms with Gasteiger partial charge in [-0.1, -0.05) is 182 Å². The van der Waals surface area contributed by atoms with Crippen molar-refractivity contribution in [1.29, 1.82) is 0 Å². The van der Waals surface area contributed by atoms with Gasteiger partial charge in [0.05, 0.1) is 6.61 Å². The molecule has 8 atom stereocenters. The lowest BCUT2D eigenvalue weighted by Crippen LogP contribution is -2.64. The number of carbonyl (C=O) groups excluding carboxylic acids is 2. The molecule has 0 bridgehead atoms. The average Bonchev–Trinajstić information content (AvgIpc) is 3.19. The summed E-state index contributed by atoms with van der Waals surface area (Å²) in [4.78, 5) is 35.7. The number of aliphatic hydroxyl groups excluding tert-OH is 5. The molecule has 1 fully saturated rings. The number of unbranched alkanes of at least 4 members (excludes halogenated alkanes) is 22. The lowest BCUT2D eigenvalue weighted by atomic mass is 9.85. The normalized spacial score (nSPS) is 22.4. The molecular weight excluding hydrogens is 779 g/mol. The first-order valence-electron chi connectivity index (χ1n) is 23.6. The molecule has 14 heteroatoms. The van der Waals surface area contributed by atoms with Gasteiger partial charge >= 0.3 is 19.8 Å². The summed E-state index contributed by atoms with van der Waals surface area (Å²) < 4.78 is 33.5. The molecule has 1 aliphatic rings. The predicted octanol–water partition coefficient (Wildman–Crippen LogP) is 9.00. The summed E-state index contributed by atoms with van der Waals surface area (Å²) in [6.07, 6.45) is 17.4. The third kappa shape index (κ3) is 29.0. The van der Waals surface area contributed by atoms with Crippen molar-refractivity contribution in [3.05, 3.63) is 0 Å². The van der Waals surface area contributed by atoms with Crippen LogP contribution in [0.3, 0.4) is 0 Å². The second-order valence-electron chi connectivity index (χ2n) is 17.9. The molecule has 0 aromatic carbocycles. The van der Waals surface area contributed by atoms with Crippen molar-refractivity contribution in [1.82, 2.24) is 0 Å². The Morgan fingerprint density at radius 3 is 1.17 bits per heavy atom. The molecule has 0 saturated heterocycles. The Hall–Kier alpha value is -1.15. The number of rotatable bonds is 38. The van der Waals surface area contributed by atoms with Gasteiger partial charge in [0.1, 0.15) is 43.2 Å². The number of ether oxygens (including phenoxy) is 2. The fourth-order valence-electron chi connectivity index (χ4n) is 7.48. The Kier molecular flexibility index (Phi) is 32.5. The van der Waals surface area contributed by atoms with Crippen LogP contribution in [0.4, 0.5) is 0 Å². The van der Waals surface area contributed by atoms with Crippen LogP contribution >= 0.6 is 7.82 Å². The van der Waals surface area contributed by atoms with Gasteiger partial charge in [-0.2, -0.15) is 0 Å². The van der Waals surface area contributed by atoms with Crippen molar-refractivity contribution >= 4 is 19.8 Å². The van der Waals surface area contributed by atoms with Crippen LogP contribution in [0.5, 0.6) is 0 Å². The molecule has 59 heavy (non-hydrogen) atoms. The summed E-state index contributed by atoms with van der Waals surface area (Å²) in [5, 5.41) is 50.1. The molecule has 1 rings (SSSR count). The van der Waals surface area contributed by atoms with Gasteiger partial charge in [-0.05, 0) is 24.7 Å². The molecule has 0 heterocycles. The van der Waals surface area contributed by atoms with E-state index in [4.69, 9.17) is 18.5 Å². The third-order valence-corrected chi connectivity index (χ3v) is 12.3. The van der Waals surface area contributed by atoms with Crippen molar-refractivity contribution in [2.75, 3.05) is 13.2 Å². The lowest BCUT2D eigenvalue weighted by molar-refractivity contribution is -0.220. The maximum atomic E-state index is 12.8. The highest BCUT2D eigenvalue weighted by atomic mass is 31.2. The minimum Gasteiger partial charge on any atom is -0.462 e. The summed E-state index contributed by atoms with van der Waals surface area (Å²) in [7, 11) is -5.11. The number of esters is 2. The Morgan fingerprint density at radius 1 is 0.475 bits per heavy atom. The molecule has 0 amide bonds. The highest BCUT2D eigenvalue weighted by Crippen LogP contribution is 2.47. The molecule has 13 nitrogen and oxygen atoms in total. The Morgan fingerprint density at radius 2 is 0.797 bits per heavy atom. The van der Waals surface area contributed by atoms with Gasteiger partial charge in [0.15, 0.2) is 6.10 Å². The fourth-order valence-corrected chi connectivity index (χ4v) is 8.45. The number of aliphatic hydroxyl groups is 5. The number of phosphoric ester groups is 1. The quantitative estimate of drug-likeness (QED) is 0.0195. The van der Waals surface area contributed by atoms with Gasteiger partial charge < -0.3 is 39.9 Å². The van der Waals surface area contributed by atoms with E-state index in [9.17, 15) is 44.6 Å². The number of hydrogen-bond acceptors (Lipinski definition) is 12. The second kappa shape index (κ2) is 34.3. The standard InChI is InChI=1S/C45H87O13P/c1-35(2)29-25-21-17-13-9-5-7-11-15-19-23-27-31-38(46)55-33-37(34-56-59(53,54)58-45-43(51)41(49)40(48)42(50)44(45)52)57-39(47)32-28-24-20-16-12-8-6-10-14-18-22-26-30-36(3)4/h35-37,40-45,48-52H,5-34H2,1-4H3,(H,53,54)/t37?,40?,41-,42+,43-,44-,45?/m1/s1. The van der Waals surface area contributed by atoms with Crippen molar-refractivity contribution in [2.24, 2.45) is 11.8 Å². The van der Waals surface area contributed by atoms with E-state index in [0.29, 0.717) is 12.8 Å². The molecule has 0 spiro atoms. The summed E-state index contributed by atoms with van der Waals surface area (Å²) in [5.74, 6) is 0.492. The van der Waals surface area contributed by atoms with Crippen molar-refractivity contribution < 1.29 is 63.1 Å². The monoisotopic (exact) mass is 867 g/mol. The van der Waals surface area contributed by atoms with Crippen LogP contribution in [0, 0.1) is 11.8 Å². The maximum Gasteiger partial charge on any atom is 0.472 e. The van der Waals surface area contributed by atoms with E-state index in [1.54, 1.807) is 0 Å². The Bertz CT molecular complexity index is 1080. The average molecular weight is 867 g/mol. The van der Waals surface area contributed by atoms with E-state index in [-0.39, 0.29) is 12.8 Å². The molecule has 350 valence electrons. The fraction of sp³-hybridized carbons (Fsp3) is 0.956. The zero-order valence-electron chi connectivity index (χ0n) is 37.4. The van der Waals surface area contributed by atoms with E-state index in [1.165, 1.54) is 109 Å². The first-order valence-corrected chi connectivity index (χ1v) is 25.0. The topological polar surface area (TPSA) is 210 Å². The summed E-state index contributed by atoms with van der Waals surface area (Å²) in [5.41, 5.74) is 0. The second-order valence-corrected chi connectivity index (χ2v) is 19.3. The molecule has 1 aliphatic carbocycles. The molecule has 1 saturated carbocycles. The van der Waals surface area contributed by atoms with Gasteiger partial charge in [0.2, 0.25) is 0 Å². The van der Waals surface area contributed by atoms with Gasteiger partial charge in [0, 0.05) is 12.8 Å². The SMILES string of the molecule is CC(C)CCCCCCCCCCCCCCC(=O)OCC(COP(=O)(O)OC1[C@H](O)[C@H](O)C(O)[C@H](O)[C@H]1O)OC(=O)CCCCCCCCCCCCCCC(C)C. The van der Waals surface area contributed by atoms with Crippen molar-refractivity contribution in [3.8, 4) is 0 Å². The van der Waals surface area contributed by atoms with E-state index in [0.717, 1.165) is 56.8 Å². The lowest BCUT2D eigenvalue weighted by Gasteiger charge is -2.41. The summed E-state index contributed by atoms with van der Waals surface area (Å²) >= 11 is 0. The molecule has 0 aliphatic heterocycles. The molecular formula is C45H87O13P. The minimum atomic E-state index is -5.11. The van der Waals surface area contributed by atoms with Crippen LogP contribution in [0.25, 0.3) is 0 Å². The third-order valence-electron chi connectivity index (χ3n) is 11.3. The molecule has 0 aromatic rings. The van der Waals surface area contributed by atoms with Crippen molar-refractivity contribution in [2.45, 2.75) is 250 Å². The highest BCUT2D eigenvalue weighted by Gasteiger charge is 2.51. The number of hydrogen-bond donors (Lipinski definition) is 6. The number of phosphoric acid groups is 1. The minimum absolute atomic E-state index is 0.103. The largest absolute Gasteiger partial charge is 0.472 e. The summed E-state index contributed by atoms with van der Waals surface area (Å²) in [6.45, 7) is 7.94. The molecule has 4 unspecified atom stereocenters. The van der Waals surface area contributed by atoms with Crippen LogP contribution in [0.15, 0.2) is 0 Å². The van der Waals surface area contributed by atoms with Crippen LogP contribution in [-0.2, 0) is 32.7 Å². The van der Waals surface area contributed by atoms with Gasteiger partial charge in [-0.3, -0.25) is 18.6 Å². The predicted molar refractivity (Wildman–Crippen MR) is 230 cm³/mol. The van der Waals surface area contributed by atoms with Crippen LogP contribution in [0.2, 0.25) is 0 Å². The Labute approximate surface area is 357 Å². The first kappa shape index (κ1) is 55.9. The first-order chi connectivity index (χ1) is 28.1. The van der Waals surface area contributed by atoms with Gasteiger partial charge in [-0.15, -0.1) is 0 Å². The highest BCUT2D eigenvalue weighted by molar-refractivity contribution is 7.47. The molecule has 0 radical (unpaired) electrons. The zero-order valence-corrected chi connectivity index (χ0v) is 38.3. The van der Waals surface area contributed by atoms with Crippen LogP contribution in [-0.4, -0.2) is 98.3 Å². The Balaban J connectivity index is 2.44. The van der Waals surface area contributed by atoms with Gasteiger partial charge in [-0.25, -0.2) is 4.57 Å².